The predicted molar refractivity (Wildman–Crippen MR) is 111 cm³/mol. The molecule has 4 nitrogen and oxygen atoms in total. The fraction of sp³-hybridized carbons (Fsp3) is 0.0500. The van der Waals surface area contributed by atoms with Crippen LogP contribution in [0.25, 0.3) is 11.0 Å². The highest BCUT2D eigenvalue weighted by molar-refractivity contribution is 7.98. The van der Waals surface area contributed by atoms with Crippen LogP contribution < -0.4 is 4.72 Å². The van der Waals surface area contributed by atoms with Gasteiger partial charge in [-0.3, -0.25) is 4.72 Å². The van der Waals surface area contributed by atoms with Gasteiger partial charge < -0.3 is 4.42 Å². The molecule has 1 atom stereocenters. The minimum atomic E-state index is -1.56. The van der Waals surface area contributed by atoms with Gasteiger partial charge in [-0.2, -0.15) is 0 Å². The number of furan rings is 1. The summed E-state index contributed by atoms with van der Waals surface area (Å²) < 4.78 is 21.4. The Labute approximate surface area is 168 Å². The second-order valence-electron chi connectivity index (χ2n) is 5.75. The maximum absolute atomic E-state index is 12.7. The average Bonchev–Trinajstić information content (AvgIpc) is 3.13. The van der Waals surface area contributed by atoms with Crippen LogP contribution in [0.2, 0.25) is 5.02 Å². The van der Waals surface area contributed by atoms with Crippen LogP contribution >= 0.6 is 23.4 Å². The Bertz CT molecular complexity index is 1070. The highest BCUT2D eigenvalue weighted by atomic mass is 35.5. The number of rotatable bonds is 6. The number of para-hydroxylation sites is 1. The van der Waals surface area contributed by atoms with Gasteiger partial charge in [-0.15, -0.1) is 0 Å². The van der Waals surface area contributed by atoms with Crippen molar-refractivity contribution in [2.75, 3.05) is 4.72 Å². The smallest absolute Gasteiger partial charge is 0.212 e. The molecule has 1 unspecified atom stereocenters. The van der Waals surface area contributed by atoms with Crippen LogP contribution in [0.1, 0.15) is 5.56 Å². The fourth-order valence-electron chi connectivity index (χ4n) is 2.54. The standard InChI is InChI=1S/C20H15ClN2O2S2/c21-16-11-17(20(22-12-16)26-13-14-6-2-1-3-7-14)23-27(24)19-10-15-8-4-5-9-18(15)25-19/h1-12,23H,13H2. The van der Waals surface area contributed by atoms with Crippen molar-refractivity contribution in [1.82, 2.24) is 4.98 Å². The first-order valence-corrected chi connectivity index (χ1v) is 10.7. The van der Waals surface area contributed by atoms with Gasteiger partial charge in [0.15, 0.2) is 11.0 Å². The molecule has 0 saturated carbocycles. The SMILES string of the molecule is O=S(Nc1cc(Cl)cnc1SCc1ccccc1)c1cc2ccccc2o1. The van der Waals surface area contributed by atoms with Crippen LogP contribution in [0, 0.1) is 0 Å². The molecule has 0 aliphatic rings. The predicted octanol–water partition coefficient (Wildman–Crippen LogP) is 5.91. The third-order valence-corrected chi connectivity index (χ3v) is 6.08. The lowest BCUT2D eigenvalue weighted by Crippen LogP contribution is -2.05. The van der Waals surface area contributed by atoms with Gasteiger partial charge in [0.2, 0.25) is 5.09 Å². The molecule has 0 bridgehead atoms. The van der Waals surface area contributed by atoms with Crippen LogP contribution in [0.15, 0.2) is 87.5 Å². The van der Waals surface area contributed by atoms with Gasteiger partial charge in [0.05, 0.1) is 10.7 Å². The van der Waals surface area contributed by atoms with Crippen molar-refractivity contribution < 1.29 is 8.63 Å². The quantitative estimate of drug-likeness (QED) is 0.398. The van der Waals surface area contributed by atoms with Crippen LogP contribution in [-0.2, 0) is 16.7 Å². The van der Waals surface area contributed by atoms with E-state index in [1.807, 2.05) is 42.5 Å². The zero-order valence-electron chi connectivity index (χ0n) is 14.1. The Kier molecular flexibility index (Phi) is 5.48. The first kappa shape index (κ1) is 18.1. The molecule has 0 fully saturated rings. The molecular formula is C20H15ClN2O2S2. The van der Waals surface area contributed by atoms with Crippen molar-refractivity contribution in [1.29, 1.82) is 0 Å². The molecule has 2 aromatic carbocycles. The summed E-state index contributed by atoms with van der Waals surface area (Å²) in [5, 5.41) is 2.47. The van der Waals surface area contributed by atoms with Gasteiger partial charge in [-0.05, 0) is 17.7 Å². The van der Waals surface area contributed by atoms with Crippen LogP contribution in [-0.4, -0.2) is 9.19 Å². The summed E-state index contributed by atoms with van der Waals surface area (Å²) in [6, 6.07) is 21.2. The minimum Gasteiger partial charge on any atom is -0.445 e. The van der Waals surface area contributed by atoms with Crippen molar-refractivity contribution in [3.05, 3.63) is 83.5 Å². The first-order valence-electron chi connectivity index (χ1n) is 8.18. The van der Waals surface area contributed by atoms with E-state index in [0.29, 0.717) is 21.4 Å². The summed E-state index contributed by atoms with van der Waals surface area (Å²) in [7, 11) is -1.56. The molecule has 0 aliphatic carbocycles. The van der Waals surface area contributed by atoms with E-state index in [9.17, 15) is 4.21 Å². The zero-order chi connectivity index (χ0) is 18.6. The van der Waals surface area contributed by atoms with Crippen molar-refractivity contribution in [3.8, 4) is 0 Å². The lowest BCUT2D eigenvalue weighted by atomic mass is 10.2. The summed E-state index contributed by atoms with van der Waals surface area (Å²) in [6.45, 7) is 0. The van der Waals surface area contributed by atoms with Gasteiger partial charge >= 0.3 is 0 Å². The Morgan fingerprint density at radius 1 is 1.07 bits per heavy atom. The van der Waals surface area contributed by atoms with E-state index in [4.69, 9.17) is 16.0 Å². The van der Waals surface area contributed by atoms with E-state index in [-0.39, 0.29) is 0 Å². The monoisotopic (exact) mass is 414 g/mol. The molecule has 27 heavy (non-hydrogen) atoms. The Morgan fingerprint density at radius 2 is 1.85 bits per heavy atom. The van der Waals surface area contributed by atoms with E-state index in [1.165, 1.54) is 5.56 Å². The van der Waals surface area contributed by atoms with Crippen LogP contribution in [0.4, 0.5) is 5.69 Å². The summed E-state index contributed by atoms with van der Waals surface area (Å²) in [5.41, 5.74) is 2.50. The molecule has 2 aromatic heterocycles. The molecule has 0 spiro atoms. The largest absolute Gasteiger partial charge is 0.445 e. The van der Waals surface area contributed by atoms with E-state index in [0.717, 1.165) is 16.2 Å². The number of halogens is 1. The molecule has 0 saturated heterocycles. The Balaban J connectivity index is 1.55. The van der Waals surface area contributed by atoms with Crippen molar-refractivity contribution in [3.63, 3.8) is 0 Å². The third-order valence-electron chi connectivity index (χ3n) is 3.82. The molecule has 0 aliphatic heterocycles. The summed E-state index contributed by atoms with van der Waals surface area (Å²) in [6.07, 6.45) is 1.59. The fourth-order valence-corrected chi connectivity index (χ4v) is 4.51. The van der Waals surface area contributed by atoms with Gasteiger partial charge in [-0.1, -0.05) is 71.9 Å². The highest BCUT2D eigenvalue weighted by Crippen LogP contribution is 2.31. The number of fused-ring (bicyclic) bond motifs is 1. The van der Waals surface area contributed by atoms with Crippen LogP contribution in [0.5, 0.6) is 0 Å². The lowest BCUT2D eigenvalue weighted by Gasteiger charge is -2.10. The van der Waals surface area contributed by atoms with Crippen molar-refractivity contribution in [2.24, 2.45) is 0 Å². The molecule has 136 valence electrons. The van der Waals surface area contributed by atoms with Gasteiger partial charge in [0.1, 0.15) is 10.6 Å². The molecule has 4 aromatic rings. The first-order chi connectivity index (χ1) is 13.2. The normalized spacial score (nSPS) is 12.2. The van der Waals surface area contributed by atoms with Crippen molar-refractivity contribution in [2.45, 2.75) is 15.9 Å². The zero-order valence-corrected chi connectivity index (χ0v) is 16.5. The second-order valence-corrected chi connectivity index (χ2v) is 8.30. The second kappa shape index (κ2) is 8.17. The number of nitrogens with zero attached hydrogens (tertiary/aromatic N) is 1. The number of anilines is 1. The number of thioether (sulfide) groups is 1. The summed E-state index contributed by atoms with van der Waals surface area (Å²) in [5.74, 6) is 0.751. The molecule has 1 N–H and O–H groups in total. The van der Waals surface area contributed by atoms with E-state index >= 15 is 0 Å². The molecule has 2 heterocycles. The number of pyridine rings is 1. The van der Waals surface area contributed by atoms with E-state index < -0.39 is 11.0 Å². The summed E-state index contributed by atoms with van der Waals surface area (Å²) >= 11 is 7.65. The third kappa shape index (κ3) is 4.35. The number of hydrogen-bond donors (Lipinski definition) is 1. The van der Waals surface area contributed by atoms with Crippen molar-refractivity contribution >= 4 is 51.0 Å². The maximum Gasteiger partial charge on any atom is 0.212 e. The van der Waals surface area contributed by atoms with E-state index in [1.54, 1.807) is 30.1 Å². The highest BCUT2D eigenvalue weighted by Gasteiger charge is 2.14. The number of nitrogens with one attached hydrogen (secondary N) is 1. The van der Waals surface area contributed by atoms with Gasteiger partial charge in [0, 0.05) is 23.4 Å². The number of hydrogen-bond acceptors (Lipinski definition) is 4. The summed E-state index contributed by atoms with van der Waals surface area (Å²) in [4.78, 5) is 4.39. The average molecular weight is 415 g/mol. The number of aromatic nitrogens is 1. The molecule has 4 rings (SSSR count). The molecule has 7 heteroatoms. The topological polar surface area (TPSA) is 55.1 Å². The van der Waals surface area contributed by atoms with E-state index in [2.05, 4.69) is 21.8 Å². The maximum atomic E-state index is 12.7. The molecule has 0 radical (unpaired) electrons. The van der Waals surface area contributed by atoms with Gasteiger partial charge in [0.25, 0.3) is 0 Å². The Hall–Kier alpha value is -2.28. The molecule has 0 amide bonds. The lowest BCUT2D eigenvalue weighted by molar-refractivity contribution is 0.504. The molecular weight excluding hydrogens is 400 g/mol. The number of benzene rings is 2. The Morgan fingerprint density at radius 3 is 2.67 bits per heavy atom. The van der Waals surface area contributed by atoms with Gasteiger partial charge in [-0.25, -0.2) is 9.19 Å². The van der Waals surface area contributed by atoms with Crippen LogP contribution in [0.3, 0.4) is 0 Å². The minimum absolute atomic E-state index is 0.357.